The summed E-state index contributed by atoms with van der Waals surface area (Å²) in [4.78, 5) is 12.3. The van der Waals surface area contributed by atoms with Crippen molar-refractivity contribution in [1.29, 1.82) is 0 Å². The lowest BCUT2D eigenvalue weighted by Crippen LogP contribution is -2.15. The first-order valence-corrected chi connectivity index (χ1v) is 7.35. The van der Waals surface area contributed by atoms with Gasteiger partial charge in [-0.15, -0.1) is 5.10 Å². The van der Waals surface area contributed by atoms with E-state index in [9.17, 15) is 4.79 Å². The third kappa shape index (κ3) is 3.13. The molecule has 3 aromatic rings. The van der Waals surface area contributed by atoms with Gasteiger partial charge in [0.25, 0.3) is 5.91 Å². The Morgan fingerprint density at radius 1 is 1.09 bits per heavy atom. The quantitative estimate of drug-likeness (QED) is 0.760. The molecule has 0 aliphatic rings. The summed E-state index contributed by atoms with van der Waals surface area (Å²) in [5, 5.41) is 11.4. The van der Waals surface area contributed by atoms with Crippen molar-refractivity contribution in [3.63, 3.8) is 0 Å². The molecule has 0 aliphatic heterocycles. The van der Waals surface area contributed by atoms with Gasteiger partial charge in [-0.05, 0) is 36.4 Å². The summed E-state index contributed by atoms with van der Waals surface area (Å²) in [5.74, 6) is -0.368. The summed E-state index contributed by atoms with van der Waals surface area (Å²) < 4.78 is 1.36. The van der Waals surface area contributed by atoms with E-state index in [0.717, 1.165) is 0 Å². The zero-order valence-corrected chi connectivity index (χ0v) is 13.2. The lowest BCUT2D eigenvalue weighted by Gasteiger charge is -2.06. The van der Waals surface area contributed by atoms with E-state index in [0.29, 0.717) is 21.4 Å². The largest absolute Gasteiger partial charge is 0.382 e. The van der Waals surface area contributed by atoms with E-state index in [1.165, 1.54) is 4.68 Å². The number of nitrogen functional groups attached to an aromatic ring is 1. The average Bonchev–Trinajstić information content (AvgIpc) is 2.92. The maximum absolute atomic E-state index is 12.3. The van der Waals surface area contributed by atoms with E-state index in [4.69, 9.17) is 28.9 Å². The Hall–Kier alpha value is -2.57. The standard InChI is InChI=1S/C15H11Cl2N5O/c16-9-5-7-10(8-6-9)22-14(18)13(20-21-22)15(23)19-12-4-2-1-3-11(12)17/h1-8H,18H2,(H,19,23). The normalized spacial score (nSPS) is 10.5. The first kappa shape index (κ1) is 15.3. The van der Waals surface area contributed by atoms with E-state index in [-0.39, 0.29) is 11.5 Å². The number of nitrogens with one attached hydrogen (secondary N) is 1. The van der Waals surface area contributed by atoms with Crippen LogP contribution in [0.4, 0.5) is 11.5 Å². The maximum atomic E-state index is 12.3. The molecule has 3 N–H and O–H groups in total. The van der Waals surface area contributed by atoms with Crippen molar-refractivity contribution in [3.8, 4) is 5.69 Å². The second-order valence-corrected chi connectivity index (χ2v) is 5.49. The molecule has 1 heterocycles. The van der Waals surface area contributed by atoms with Crippen LogP contribution >= 0.6 is 23.2 Å². The lowest BCUT2D eigenvalue weighted by molar-refractivity contribution is 0.102. The summed E-state index contributed by atoms with van der Waals surface area (Å²) in [6.07, 6.45) is 0. The van der Waals surface area contributed by atoms with E-state index >= 15 is 0 Å². The van der Waals surface area contributed by atoms with Crippen LogP contribution in [0.5, 0.6) is 0 Å². The number of aromatic nitrogens is 3. The van der Waals surface area contributed by atoms with Crippen LogP contribution < -0.4 is 11.1 Å². The third-order valence-corrected chi connectivity index (χ3v) is 3.69. The molecule has 6 nitrogen and oxygen atoms in total. The molecular weight excluding hydrogens is 337 g/mol. The highest BCUT2D eigenvalue weighted by molar-refractivity contribution is 6.34. The van der Waals surface area contributed by atoms with Crippen LogP contribution in [0.3, 0.4) is 0 Å². The van der Waals surface area contributed by atoms with Gasteiger partial charge in [-0.1, -0.05) is 40.5 Å². The number of nitrogens with two attached hydrogens (primary N) is 1. The average molecular weight is 348 g/mol. The Morgan fingerprint density at radius 2 is 1.78 bits per heavy atom. The van der Waals surface area contributed by atoms with Gasteiger partial charge >= 0.3 is 0 Å². The van der Waals surface area contributed by atoms with Gasteiger partial charge in [0.1, 0.15) is 0 Å². The minimum atomic E-state index is -0.490. The number of para-hydroxylation sites is 1. The molecule has 1 aromatic heterocycles. The molecule has 0 atom stereocenters. The topological polar surface area (TPSA) is 85.8 Å². The van der Waals surface area contributed by atoms with Gasteiger partial charge < -0.3 is 11.1 Å². The second kappa shape index (κ2) is 6.28. The van der Waals surface area contributed by atoms with Crippen LogP contribution in [0.25, 0.3) is 5.69 Å². The smallest absolute Gasteiger partial charge is 0.280 e. The van der Waals surface area contributed by atoms with Crippen molar-refractivity contribution in [3.05, 3.63) is 64.3 Å². The summed E-state index contributed by atoms with van der Waals surface area (Å²) in [5.41, 5.74) is 7.11. The highest BCUT2D eigenvalue weighted by Crippen LogP contribution is 2.22. The Morgan fingerprint density at radius 3 is 2.48 bits per heavy atom. The summed E-state index contributed by atoms with van der Waals surface area (Å²) in [6.45, 7) is 0. The third-order valence-electron chi connectivity index (χ3n) is 3.11. The fraction of sp³-hybridized carbons (Fsp3) is 0. The molecule has 0 saturated carbocycles. The zero-order chi connectivity index (χ0) is 16.4. The zero-order valence-electron chi connectivity index (χ0n) is 11.7. The fourth-order valence-electron chi connectivity index (χ4n) is 1.97. The molecule has 0 bridgehead atoms. The van der Waals surface area contributed by atoms with E-state index in [1.54, 1.807) is 48.5 Å². The molecule has 0 saturated heterocycles. The maximum Gasteiger partial charge on any atom is 0.280 e. The summed E-state index contributed by atoms with van der Waals surface area (Å²) in [7, 11) is 0. The highest BCUT2D eigenvalue weighted by Gasteiger charge is 2.19. The number of nitrogens with zero attached hydrogens (tertiary/aromatic N) is 3. The van der Waals surface area contributed by atoms with Gasteiger partial charge in [0.15, 0.2) is 11.5 Å². The van der Waals surface area contributed by atoms with Gasteiger partial charge in [-0.3, -0.25) is 4.79 Å². The SMILES string of the molecule is Nc1c(C(=O)Nc2ccccc2Cl)nnn1-c1ccc(Cl)cc1. The number of carbonyl (C=O) groups excluding carboxylic acids is 1. The first-order valence-electron chi connectivity index (χ1n) is 6.59. The molecule has 23 heavy (non-hydrogen) atoms. The summed E-state index contributed by atoms with van der Waals surface area (Å²) >= 11 is 11.9. The monoisotopic (exact) mass is 347 g/mol. The Bertz CT molecular complexity index is 861. The van der Waals surface area contributed by atoms with Crippen LogP contribution in [-0.4, -0.2) is 20.9 Å². The van der Waals surface area contributed by atoms with Gasteiger partial charge in [0.2, 0.25) is 0 Å². The molecule has 0 unspecified atom stereocenters. The van der Waals surface area contributed by atoms with E-state index in [2.05, 4.69) is 15.6 Å². The molecule has 0 fully saturated rings. The fourth-order valence-corrected chi connectivity index (χ4v) is 2.28. The molecule has 8 heteroatoms. The predicted molar refractivity (Wildman–Crippen MR) is 90.2 cm³/mol. The molecular formula is C15H11Cl2N5O. The Balaban J connectivity index is 1.88. The van der Waals surface area contributed by atoms with Crippen LogP contribution in [0, 0.1) is 0 Å². The molecule has 0 radical (unpaired) electrons. The molecule has 1 amide bonds. The molecule has 3 rings (SSSR count). The number of hydrogen-bond donors (Lipinski definition) is 2. The van der Waals surface area contributed by atoms with Gasteiger partial charge in [-0.2, -0.15) is 4.68 Å². The van der Waals surface area contributed by atoms with Gasteiger partial charge in [0.05, 0.1) is 16.4 Å². The lowest BCUT2D eigenvalue weighted by atomic mass is 10.3. The predicted octanol–water partition coefficient (Wildman–Crippen LogP) is 3.41. The minimum Gasteiger partial charge on any atom is -0.382 e. The number of amides is 1. The van der Waals surface area contributed by atoms with Crippen LogP contribution in [-0.2, 0) is 0 Å². The van der Waals surface area contributed by atoms with E-state index in [1.807, 2.05) is 0 Å². The molecule has 0 aliphatic carbocycles. The van der Waals surface area contributed by atoms with E-state index < -0.39 is 5.91 Å². The minimum absolute atomic E-state index is 0.0138. The highest BCUT2D eigenvalue weighted by atomic mass is 35.5. The number of carbonyl (C=O) groups is 1. The molecule has 0 spiro atoms. The van der Waals surface area contributed by atoms with Crippen molar-refractivity contribution in [2.45, 2.75) is 0 Å². The van der Waals surface area contributed by atoms with Crippen LogP contribution in [0.2, 0.25) is 10.0 Å². The van der Waals surface area contributed by atoms with Crippen LogP contribution in [0.15, 0.2) is 48.5 Å². The van der Waals surface area contributed by atoms with Crippen molar-refractivity contribution >= 4 is 40.6 Å². The number of hydrogen-bond acceptors (Lipinski definition) is 4. The number of rotatable bonds is 3. The Kier molecular flexibility index (Phi) is 4.18. The Labute approximate surface area is 141 Å². The van der Waals surface area contributed by atoms with Gasteiger partial charge in [0, 0.05) is 5.02 Å². The van der Waals surface area contributed by atoms with Crippen molar-refractivity contribution in [1.82, 2.24) is 15.0 Å². The second-order valence-electron chi connectivity index (χ2n) is 4.65. The number of benzene rings is 2. The van der Waals surface area contributed by atoms with Crippen LogP contribution in [0.1, 0.15) is 10.5 Å². The molecule has 116 valence electrons. The number of halogens is 2. The van der Waals surface area contributed by atoms with Gasteiger partial charge in [-0.25, -0.2) is 0 Å². The van der Waals surface area contributed by atoms with Crippen molar-refractivity contribution in [2.75, 3.05) is 11.1 Å². The van der Waals surface area contributed by atoms with Crippen molar-refractivity contribution < 1.29 is 4.79 Å². The molecule has 2 aromatic carbocycles. The summed E-state index contributed by atoms with van der Waals surface area (Å²) in [6, 6.07) is 13.7. The number of anilines is 2. The van der Waals surface area contributed by atoms with Crippen molar-refractivity contribution in [2.24, 2.45) is 0 Å². The first-order chi connectivity index (χ1) is 11.1.